The van der Waals surface area contributed by atoms with Crippen molar-refractivity contribution in [1.29, 1.82) is 0 Å². The fraction of sp³-hybridized carbons (Fsp3) is 0. The first-order valence-electron chi connectivity index (χ1n) is 16.0. The molecule has 4 heterocycles. The highest BCUT2D eigenvalue weighted by Gasteiger charge is 2.27. The third-order valence-corrected chi connectivity index (χ3v) is 12.1. The monoisotopic (exact) mass is 648 g/mol. The van der Waals surface area contributed by atoms with E-state index >= 15 is 0 Å². The van der Waals surface area contributed by atoms with Crippen LogP contribution in [0.3, 0.4) is 0 Å². The molecule has 0 atom stereocenters. The smallest absolute Gasteiger partial charge is 0.143 e. The lowest BCUT2D eigenvalue weighted by Gasteiger charge is -2.23. The predicted molar refractivity (Wildman–Crippen MR) is 203 cm³/mol. The minimum atomic E-state index is 0.860. The van der Waals surface area contributed by atoms with Crippen LogP contribution in [-0.4, -0.2) is 9.55 Å². The largest absolute Gasteiger partial charge is 0.455 e. The summed E-state index contributed by atoms with van der Waals surface area (Å²) in [6, 6.07) is 50.1. The molecule has 3 aromatic heterocycles. The Labute approximate surface area is 283 Å². The van der Waals surface area contributed by atoms with Gasteiger partial charge in [0.05, 0.1) is 32.2 Å². The van der Waals surface area contributed by atoms with E-state index in [0.29, 0.717) is 0 Å². The molecule has 0 bridgehead atoms. The topological polar surface area (TPSA) is 27.1 Å². The van der Waals surface area contributed by atoms with E-state index in [1.165, 1.54) is 63.5 Å². The van der Waals surface area contributed by atoms with Crippen LogP contribution in [0.5, 0.6) is 11.5 Å². The van der Waals surface area contributed by atoms with Crippen LogP contribution in [0.2, 0.25) is 0 Å². The van der Waals surface area contributed by atoms with Crippen LogP contribution >= 0.6 is 23.1 Å². The molecule has 224 valence electrons. The highest BCUT2D eigenvalue weighted by Crippen LogP contribution is 2.53. The van der Waals surface area contributed by atoms with Crippen molar-refractivity contribution in [3.05, 3.63) is 146 Å². The zero-order valence-electron chi connectivity index (χ0n) is 25.5. The van der Waals surface area contributed by atoms with Crippen molar-refractivity contribution < 1.29 is 4.74 Å². The minimum Gasteiger partial charge on any atom is -0.455 e. The van der Waals surface area contributed by atoms with Crippen molar-refractivity contribution in [1.82, 2.24) is 9.55 Å². The molecule has 5 heteroatoms. The molecule has 1 aliphatic rings. The summed E-state index contributed by atoms with van der Waals surface area (Å²) in [5.74, 6) is 1.73. The van der Waals surface area contributed by atoms with E-state index in [1.807, 2.05) is 35.7 Å². The van der Waals surface area contributed by atoms with E-state index < -0.39 is 0 Å². The molecule has 0 unspecified atom stereocenters. The lowest BCUT2D eigenvalue weighted by molar-refractivity contribution is 0.454. The van der Waals surface area contributed by atoms with Crippen molar-refractivity contribution in [2.24, 2.45) is 0 Å². The number of hydrogen-bond donors (Lipinski definition) is 0. The molecule has 0 N–H and O–H groups in total. The minimum absolute atomic E-state index is 0.860. The molecular formula is C43H24N2OS2. The summed E-state index contributed by atoms with van der Waals surface area (Å²) >= 11 is 3.70. The van der Waals surface area contributed by atoms with Gasteiger partial charge in [0, 0.05) is 53.5 Å². The van der Waals surface area contributed by atoms with E-state index in [0.717, 1.165) is 38.2 Å². The van der Waals surface area contributed by atoms with E-state index in [1.54, 1.807) is 11.8 Å². The highest BCUT2D eigenvalue weighted by atomic mass is 32.2. The van der Waals surface area contributed by atoms with Crippen LogP contribution in [0.1, 0.15) is 0 Å². The van der Waals surface area contributed by atoms with E-state index in [-0.39, 0.29) is 0 Å². The van der Waals surface area contributed by atoms with Gasteiger partial charge in [0.1, 0.15) is 11.5 Å². The van der Waals surface area contributed by atoms with Gasteiger partial charge in [0.25, 0.3) is 0 Å². The molecule has 48 heavy (non-hydrogen) atoms. The summed E-state index contributed by atoms with van der Waals surface area (Å²) in [6.45, 7) is 0. The van der Waals surface area contributed by atoms with Gasteiger partial charge < -0.3 is 9.30 Å². The SMILES string of the molecule is c1ccc(-c2ccc3c(c2)Oc2cccc(-n4c5ccccc5c5c6c7ccc8ccccc8c7sc6c6ccccc6c54)c2S3)nc1. The van der Waals surface area contributed by atoms with E-state index in [2.05, 4.69) is 131 Å². The maximum atomic E-state index is 6.69. The number of pyridine rings is 1. The van der Waals surface area contributed by atoms with Gasteiger partial charge in [0.15, 0.2) is 0 Å². The molecule has 7 aromatic carbocycles. The summed E-state index contributed by atoms with van der Waals surface area (Å²) in [4.78, 5) is 6.77. The third-order valence-electron chi connectivity index (χ3n) is 9.67. The molecule has 0 radical (unpaired) electrons. The molecule has 3 nitrogen and oxygen atoms in total. The number of para-hydroxylation sites is 1. The maximum Gasteiger partial charge on any atom is 0.143 e. The predicted octanol–water partition coefficient (Wildman–Crippen LogP) is 12.8. The Hall–Kier alpha value is -5.62. The van der Waals surface area contributed by atoms with Gasteiger partial charge >= 0.3 is 0 Å². The van der Waals surface area contributed by atoms with Crippen LogP contribution in [-0.2, 0) is 0 Å². The molecule has 0 aliphatic carbocycles. The molecule has 0 amide bonds. The Balaban J connectivity index is 1.22. The Morgan fingerprint density at radius 3 is 2.27 bits per heavy atom. The maximum absolute atomic E-state index is 6.69. The first kappa shape index (κ1) is 26.4. The van der Waals surface area contributed by atoms with E-state index in [4.69, 9.17) is 4.74 Å². The summed E-state index contributed by atoms with van der Waals surface area (Å²) in [5, 5.41) is 10.4. The standard InChI is InChI=1S/C43H24N2OS2/c1-2-11-27-25(10-1)19-21-31-39-38-30-14-5-6-16-33(30)45(40(38)28-12-3-4-13-29(28)42(39)48-41(27)31)34-17-9-18-35-43(34)47-37-22-20-26(24-36(37)46-35)32-15-7-8-23-44-32/h1-24H. The van der Waals surface area contributed by atoms with Gasteiger partial charge in [-0.05, 0) is 53.2 Å². The number of hydrogen-bond acceptors (Lipinski definition) is 4. The summed E-state index contributed by atoms with van der Waals surface area (Å²) in [6.07, 6.45) is 1.83. The van der Waals surface area contributed by atoms with Crippen LogP contribution in [0, 0.1) is 0 Å². The summed E-state index contributed by atoms with van der Waals surface area (Å²) in [5.41, 5.74) is 5.53. The van der Waals surface area contributed by atoms with Crippen LogP contribution < -0.4 is 4.74 Å². The average Bonchev–Trinajstić information content (AvgIpc) is 3.71. The van der Waals surface area contributed by atoms with E-state index in [9.17, 15) is 0 Å². The average molecular weight is 649 g/mol. The number of aromatic nitrogens is 2. The molecular weight excluding hydrogens is 625 g/mol. The second-order valence-electron chi connectivity index (χ2n) is 12.3. The first-order valence-corrected chi connectivity index (χ1v) is 17.7. The van der Waals surface area contributed by atoms with Crippen molar-refractivity contribution in [2.45, 2.75) is 9.79 Å². The number of rotatable bonds is 2. The molecule has 11 rings (SSSR count). The van der Waals surface area contributed by atoms with Gasteiger partial charge in [-0.1, -0.05) is 109 Å². The molecule has 0 saturated heterocycles. The molecule has 0 saturated carbocycles. The quantitative estimate of drug-likeness (QED) is 0.187. The van der Waals surface area contributed by atoms with Gasteiger partial charge in [0.2, 0.25) is 0 Å². The number of benzene rings is 7. The normalized spacial score (nSPS) is 12.7. The molecule has 1 aliphatic heterocycles. The Morgan fingerprint density at radius 2 is 1.38 bits per heavy atom. The van der Waals surface area contributed by atoms with Gasteiger partial charge in [-0.2, -0.15) is 0 Å². The Morgan fingerprint density at radius 1 is 0.562 bits per heavy atom. The third kappa shape index (κ3) is 3.63. The van der Waals surface area contributed by atoms with Gasteiger partial charge in [-0.15, -0.1) is 11.3 Å². The Bertz CT molecular complexity index is 2960. The lowest BCUT2D eigenvalue weighted by Crippen LogP contribution is -2.02. The van der Waals surface area contributed by atoms with Crippen molar-refractivity contribution >= 4 is 86.6 Å². The van der Waals surface area contributed by atoms with Crippen molar-refractivity contribution in [2.75, 3.05) is 0 Å². The summed E-state index contributed by atoms with van der Waals surface area (Å²) < 4.78 is 11.9. The number of ether oxygens (including phenoxy) is 1. The van der Waals surface area contributed by atoms with Crippen LogP contribution in [0.15, 0.2) is 156 Å². The van der Waals surface area contributed by atoms with Crippen LogP contribution in [0.4, 0.5) is 0 Å². The van der Waals surface area contributed by atoms with Gasteiger partial charge in [-0.3, -0.25) is 4.98 Å². The summed E-state index contributed by atoms with van der Waals surface area (Å²) in [7, 11) is 0. The van der Waals surface area contributed by atoms with Crippen molar-refractivity contribution in [3.8, 4) is 28.4 Å². The highest BCUT2D eigenvalue weighted by molar-refractivity contribution is 7.99. The zero-order chi connectivity index (χ0) is 31.3. The lowest BCUT2D eigenvalue weighted by atomic mass is 9.98. The molecule has 10 aromatic rings. The molecule has 0 spiro atoms. The molecule has 0 fully saturated rings. The second-order valence-corrected chi connectivity index (χ2v) is 14.3. The Kier molecular flexibility index (Phi) is 5.48. The fourth-order valence-electron chi connectivity index (χ4n) is 7.61. The zero-order valence-corrected chi connectivity index (χ0v) is 27.1. The van der Waals surface area contributed by atoms with Crippen LogP contribution in [0.25, 0.3) is 80.5 Å². The number of fused-ring (bicyclic) bond motifs is 14. The number of nitrogens with zero attached hydrogens (tertiary/aromatic N) is 2. The fourth-order valence-corrected chi connectivity index (χ4v) is 10.0. The number of thiophene rings is 1. The van der Waals surface area contributed by atoms with Crippen molar-refractivity contribution in [3.63, 3.8) is 0 Å². The first-order chi connectivity index (χ1) is 23.8. The van der Waals surface area contributed by atoms with Gasteiger partial charge in [-0.25, -0.2) is 0 Å². The second kappa shape index (κ2) is 9.94.